The monoisotopic (exact) mass is 391 g/mol. The summed E-state index contributed by atoms with van der Waals surface area (Å²) in [5.74, 6) is 1.30. The smallest absolute Gasteiger partial charge is 0.433 e. The second kappa shape index (κ2) is 7.10. The lowest BCUT2D eigenvalue weighted by atomic mass is 10.1. The van der Waals surface area contributed by atoms with E-state index < -0.39 is 11.9 Å². The Morgan fingerprint density at radius 3 is 2.79 bits per heavy atom. The fraction of sp³-hybridized carbons (Fsp3) is 0.333. The van der Waals surface area contributed by atoms with Gasteiger partial charge in [-0.25, -0.2) is 9.97 Å². The van der Waals surface area contributed by atoms with Crippen LogP contribution in [0.2, 0.25) is 0 Å². The molecule has 1 atom stereocenters. The molecule has 146 valence electrons. The molecule has 2 aromatic heterocycles. The number of rotatable bonds is 4. The van der Waals surface area contributed by atoms with Crippen molar-refractivity contribution in [2.24, 2.45) is 0 Å². The molecule has 28 heavy (non-hydrogen) atoms. The zero-order valence-corrected chi connectivity index (χ0v) is 14.8. The fourth-order valence-corrected chi connectivity index (χ4v) is 3.13. The van der Waals surface area contributed by atoms with Crippen molar-refractivity contribution in [3.8, 4) is 17.2 Å². The fourth-order valence-electron chi connectivity index (χ4n) is 3.13. The quantitative estimate of drug-likeness (QED) is 0.673. The molecule has 3 aromatic rings. The van der Waals surface area contributed by atoms with Crippen molar-refractivity contribution in [1.82, 2.24) is 20.2 Å². The summed E-state index contributed by atoms with van der Waals surface area (Å²) in [5.41, 5.74) is -0.281. The van der Waals surface area contributed by atoms with Gasteiger partial charge in [-0.3, -0.25) is 0 Å². The van der Waals surface area contributed by atoms with Crippen LogP contribution in [0, 0.1) is 0 Å². The Balaban J connectivity index is 1.52. The van der Waals surface area contributed by atoms with Crippen LogP contribution in [-0.2, 0) is 6.18 Å². The first-order chi connectivity index (χ1) is 13.5. The van der Waals surface area contributed by atoms with E-state index in [1.165, 1.54) is 0 Å². The zero-order chi connectivity index (χ0) is 19.7. The van der Waals surface area contributed by atoms with E-state index in [4.69, 9.17) is 9.15 Å². The predicted octanol–water partition coefficient (Wildman–Crippen LogP) is 3.55. The summed E-state index contributed by atoms with van der Waals surface area (Å²) in [7, 11) is 1.56. The van der Waals surface area contributed by atoms with Gasteiger partial charge in [0, 0.05) is 19.3 Å². The molecule has 1 fully saturated rings. The largest absolute Gasteiger partial charge is 0.496 e. The Morgan fingerprint density at radius 2 is 2.00 bits per heavy atom. The Labute approximate surface area is 158 Å². The van der Waals surface area contributed by atoms with Crippen LogP contribution in [0.3, 0.4) is 0 Å². The van der Waals surface area contributed by atoms with Crippen molar-refractivity contribution in [2.75, 3.05) is 25.1 Å². The van der Waals surface area contributed by atoms with E-state index in [2.05, 4.69) is 20.2 Å². The Hall–Kier alpha value is -3.17. The second-order valence-corrected chi connectivity index (χ2v) is 6.32. The highest BCUT2D eigenvalue weighted by Crippen LogP contribution is 2.34. The van der Waals surface area contributed by atoms with Crippen molar-refractivity contribution in [2.45, 2.75) is 18.5 Å². The molecule has 0 N–H and O–H groups in total. The normalized spacial score (nSPS) is 17.1. The van der Waals surface area contributed by atoms with Gasteiger partial charge in [-0.2, -0.15) is 13.2 Å². The lowest BCUT2D eigenvalue weighted by Gasteiger charge is -2.16. The number of methoxy groups -OCH3 is 1. The van der Waals surface area contributed by atoms with E-state index in [1.54, 1.807) is 18.1 Å². The maximum absolute atomic E-state index is 12.9. The first kappa shape index (κ1) is 18.2. The summed E-state index contributed by atoms with van der Waals surface area (Å²) >= 11 is 0. The maximum Gasteiger partial charge on any atom is 0.433 e. The van der Waals surface area contributed by atoms with Gasteiger partial charge in [0.25, 0.3) is 5.89 Å². The van der Waals surface area contributed by atoms with Crippen LogP contribution in [0.25, 0.3) is 11.5 Å². The molecule has 3 heterocycles. The number of nitrogens with zero attached hydrogens (tertiary/aromatic N) is 5. The third kappa shape index (κ3) is 3.49. The molecule has 10 heteroatoms. The topological polar surface area (TPSA) is 77.2 Å². The number of alkyl halides is 3. The van der Waals surface area contributed by atoms with Crippen molar-refractivity contribution >= 4 is 5.95 Å². The van der Waals surface area contributed by atoms with Gasteiger partial charge in [-0.15, -0.1) is 10.2 Å². The molecule has 4 rings (SSSR count). The highest BCUT2D eigenvalue weighted by Gasteiger charge is 2.35. The Kier molecular flexibility index (Phi) is 4.62. The minimum absolute atomic E-state index is 0.0433. The SMILES string of the molecule is COc1ccccc1-c1nnc([C@H]2CCN(c3nccc(C(F)(F)F)n3)C2)o1. The van der Waals surface area contributed by atoms with Crippen LogP contribution in [-0.4, -0.2) is 40.4 Å². The molecule has 0 unspecified atom stereocenters. The van der Waals surface area contributed by atoms with E-state index in [0.717, 1.165) is 12.3 Å². The summed E-state index contributed by atoms with van der Waals surface area (Å²) in [5, 5.41) is 8.20. The number of anilines is 1. The molecule has 0 amide bonds. The van der Waals surface area contributed by atoms with E-state index in [-0.39, 0.29) is 11.9 Å². The summed E-state index contributed by atoms with van der Waals surface area (Å²) in [6.45, 7) is 0.896. The van der Waals surface area contributed by atoms with Gasteiger partial charge in [0.2, 0.25) is 11.8 Å². The molecule has 0 bridgehead atoms. The molecule has 7 nitrogen and oxygen atoms in total. The van der Waals surface area contributed by atoms with Crippen LogP contribution in [0.5, 0.6) is 5.75 Å². The average molecular weight is 391 g/mol. The molecule has 0 saturated carbocycles. The number of halogens is 3. The first-order valence-corrected chi connectivity index (χ1v) is 8.57. The number of aromatic nitrogens is 4. The molecule has 1 saturated heterocycles. The van der Waals surface area contributed by atoms with E-state index >= 15 is 0 Å². The van der Waals surface area contributed by atoms with Gasteiger partial charge >= 0.3 is 6.18 Å². The highest BCUT2D eigenvalue weighted by molar-refractivity contribution is 5.62. The first-order valence-electron chi connectivity index (χ1n) is 8.57. The number of para-hydroxylation sites is 1. The van der Waals surface area contributed by atoms with Gasteiger partial charge in [0.15, 0.2) is 0 Å². The number of ether oxygens (including phenoxy) is 1. The number of hydrogen-bond donors (Lipinski definition) is 0. The van der Waals surface area contributed by atoms with Gasteiger partial charge in [-0.1, -0.05) is 12.1 Å². The van der Waals surface area contributed by atoms with Crippen LogP contribution in [0.15, 0.2) is 40.9 Å². The summed E-state index contributed by atoms with van der Waals surface area (Å²) < 4.78 is 49.7. The molecule has 1 aliphatic rings. The summed E-state index contributed by atoms with van der Waals surface area (Å²) in [4.78, 5) is 9.29. The third-order valence-electron chi connectivity index (χ3n) is 4.53. The van der Waals surface area contributed by atoms with Gasteiger partial charge < -0.3 is 14.1 Å². The van der Waals surface area contributed by atoms with Gasteiger partial charge in [0.1, 0.15) is 11.4 Å². The average Bonchev–Trinajstić information content (AvgIpc) is 3.37. The highest BCUT2D eigenvalue weighted by atomic mass is 19.4. The van der Waals surface area contributed by atoms with Gasteiger partial charge in [0.05, 0.1) is 18.6 Å². The lowest BCUT2D eigenvalue weighted by Crippen LogP contribution is -2.23. The van der Waals surface area contributed by atoms with Gasteiger partial charge in [-0.05, 0) is 24.6 Å². The molecule has 0 aliphatic carbocycles. The Bertz CT molecular complexity index is 976. The van der Waals surface area contributed by atoms with E-state index in [1.807, 2.05) is 18.2 Å². The maximum atomic E-state index is 12.9. The molecular formula is C18H16F3N5O2. The van der Waals surface area contributed by atoms with E-state index in [9.17, 15) is 13.2 Å². The van der Waals surface area contributed by atoms with Crippen LogP contribution >= 0.6 is 0 Å². The molecular weight excluding hydrogens is 375 g/mol. The van der Waals surface area contributed by atoms with E-state index in [0.29, 0.717) is 42.6 Å². The van der Waals surface area contributed by atoms with Crippen LogP contribution in [0.1, 0.15) is 23.9 Å². The summed E-state index contributed by atoms with van der Waals surface area (Å²) in [6.07, 6.45) is -2.74. The van der Waals surface area contributed by atoms with Crippen molar-refractivity contribution in [3.05, 3.63) is 48.1 Å². The summed E-state index contributed by atoms with van der Waals surface area (Å²) in [6, 6.07) is 8.14. The molecule has 0 spiro atoms. The lowest BCUT2D eigenvalue weighted by molar-refractivity contribution is -0.141. The van der Waals surface area contributed by atoms with Crippen molar-refractivity contribution < 1.29 is 22.3 Å². The Morgan fingerprint density at radius 1 is 1.18 bits per heavy atom. The standard InChI is InChI=1S/C18H16F3N5O2/c1-27-13-5-3-2-4-12(13)16-25-24-15(28-16)11-7-9-26(10-11)17-22-8-6-14(23-17)18(19,20)21/h2-6,8,11H,7,9-10H2,1H3/t11-/m0/s1. The molecule has 1 aliphatic heterocycles. The van der Waals surface area contributed by atoms with Crippen molar-refractivity contribution in [3.63, 3.8) is 0 Å². The van der Waals surface area contributed by atoms with Crippen LogP contribution < -0.4 is 9.64 Å². The third-order valence-corrected chi connectivity index (χ3v) is 4.53. The number of benzene rings is 1. The minimum atomic E-state index is -4.51. The number of hydrogen-bond acceptors (Lipinski definition) is 7. The van der Waals surface area contributed by atoms with Crippen LogP contribution in [0.4, 0.5) is 19.1 Å². The molecule has 0 radical (unpaired) electrons. The van der Waals surface area contributed by atoms with Crippen molar-refractivity contribution in [1.29, 1.82) is 0 Å². The molecule has 1 aromatic carbocycles. The zero-order valence-electron chi connectivity index (χ0n) is 14.8. The second-order valence-electron chi connectivity index (χ2n) is 6.32. The minimum Gasteiger partial charge on any atom is -0.496 e. The predicted molar refractivity (Wildman–Crippen MR) is 92.9 cm³/mol.